The Balaban J connectivity index is 1.82. The van der Waals surface area contributed by atoms with E-state index in [0.29, 0.717) is 13.0 Å². The van der Waals surface area contributed by atoms with Gasteiger partial charge in [0, 0.05) is 13.0 Å². The van der Waals surface area contributed by atoms with E-state index in [-0.39, 0.29) is 0 Å². The van der Waals surface area contributed by atoms with Crippen LogP contribution in [0.3, 0.4) is 0 Å². The van der Waals surface area contributed by atoms with Gasteiger partial charge in [-0.25, -0.2) is 0 Å². The van der Waals surface area contributed by atoms with E-state index in [1.165, 1.54) is 6.42 Å². The SMILES string of the molecule is CC1(C(=O)O)CCCCN1Cc1nnc2n1CCCC2. The molecule has 1 N–H and O–H groups in total. The van der Waals surface area contributed by atoms with Gasteiger partial charge in [0.15, 0.2) is 0 Å². The second-order valence-corrected chi connectivity index (χ2v) is 6.10. The zero-order valence-corrected chi connectivity index (χ0v) is 12.0. The van der Waals surface area contributed by atoms with Gasteiger partial charge in [0.2, 0.25) is 0 Å². The molecule has 0 radical (unpaired) electrons. The van der Waals surface area contributed by atoms with Crippen LogP contribution in [0.1, 0.15) is 50.7 Å². The summed E-state index contributed by atoms with van der Waals surface area (Å²) in [6.07, 6.45) is 6.08. The number of aryl methyl sites for hydroxylation is 1. The van der Waals surface area contributed by atoms with Gasteiger partial charge in [-0.15, -0.1) is 10.2 Å². The molecule has 0 amide bonds. The highest BCUT2D eigenvalue weighted by Gasteiger charge is 2.41. The van der Waals surface area contributed by atoms with E-state index in [9.17, 15) is 9.90 Å². The molecule has 1 unspecified atom stereocenters. The van der Waals surface area contributed by atoms with Gasteiger partial charge in [-0.2, -0.15) is 0 Å². The van der Waals surface area contributed by atoms with Crippen molar-refractivity contribution in [1.29, 1.82) is 0 Å². The van der Waals surface area contributed by atoms with E-state index >= 15 is 0 Å². The highest BCUT2D eigenvalue weighted by atomic mass is 16.4. The van der Waals surface area contributed by atoms with Crippen LogP contribution >= 0.6 is 0 Å². The molecule has 3 heterocycles. The van der Waals surface area contributed by atoms with Crippen LogP contribution in [0, 0.1) is 0 Å². The molecule has 1 fully saturated rings. The van der Waals surface area contributed by atoms with Gasteiger partial charge in [-0.1, -0.05) is 0 Å². The molecule has 0 spiro atoms. The smallest absolute Gasteiger partial charge is 0.323 e. The Bertz CT molecular complexity index is 513. The molecule has 1 aromatic heterocycles. The highest BCUT2D eigenvalue weighted by Crippen LogP contribution is 2.30. The summed E-state index contributed by atoms with van der Waals surface area (Å²) in [5, 5.41) is 18.1. The van der Waals surface area contributed by atoms with E-state index < -0.39 is 11.5 Å². The van der Waals surface area contributed by atoms with Crippen LogP contribution in [0.25, 0.3) is 0 Å². The summed E-state index contributed by atoms with van der Waals surface area (Å²) in [7, 11) is 0. The Labute approximate surface area is 118 Å². The number of rotatable bonds is 3. The lowest BCUT2D eigenvalue weighted by molar-refractivity contribution is -0.153. The Morgan fingerprint density at radius 2 is 2.05 bits per heavy atom. The molecule has 1 atom stereocenters. The van der Waals surface area contributed by atoms with Crippen molar-refractivity contribution in [3.8, 4) is 0 Å². The van der Waals surface area contributed by atoms with Crippen molar-refractivity contribution >= 4 is 5.97 Å². The van der Waals surface area contributed by atoms with Crippen molar-refractivity contribution in [1.82, 2.24) is 19.7 Å². The first-order chi connectivity index (χ1) is 9.61. The minimum absolute atomic E-state index is 0.593. The Morgan fingerprint density at radius 3 is 2.85 bits per heavy atom. The number of carbonyl (C=O) groups is 1. The van der Waals surface area contributed by atoms with Gasteiger partial charge in [-0.05, 0) is 45.6 Å². The molecule has 6 nitrogen and oxygen atoms in total. The monoisotopic (exact) mass is 278 g/mol. The van der Waals surface area contributed by atoms with Crippen LogP contribution in [-0.4, -0.2) is 42.8 Å². The summed E-state index contributed by atoms with van der Waals surface area (Å²) in [6, 6.07) is 0. The molecular weight excluding hydrogens is 256 g/mol. The molecule has 2 aliphatic heterocycles. The summed E-state index contributed by atoms with van der Waals surface area (Å²) >= 11 is 0. The molecule has 0 saturated carbocycles. The predicted molar refractivity (Wildman–Crippen MR) is 73.3 cm³/mol. The predicted octanol–water partition coefficient (Wildman–Crippen LogP) is 1.44. The van der Waals surface area contributed by atoms with E-state index in [1.54, 1.807) is 0 Å². The average Bonchev–Trinajstić information content (AvgIpc) is 2.85. The van der Waals surface area contributed by atoms with Crippen molar-refractivity contribution in [2.75, 3.05) is 6.54 Å². The number of piperidine rings is 1. The molecule has 20 heavy (non-hydrogen) atoms. The summed E-state index contributed by atoms with van der Waals surface area (Å²) in [5.74, 6) is 1.25. The molecule has 3 rings (SSSR count). The molecular formula is C14H22N4O2. The van der Waals surface area contributed by atoms with E-state index in [2.05, 4.69) is 19.7 Å². The second-order valence-electron chi connectivity index (χ2n) is 6.10. The number of aromatic nitrogens is 3. The Morgan fingerprint density at radius 1 is 1.25 bits per heavy atom. The summed E-state index contributed by atoms with van der Waals surface area (Å²) < 4.78 is 2.18. The molecule has 2 aliphatic rings. The molecule has 0 aliphatic carbocycles. The van der Waals surface area contributed by atoms with Crippen molar-refractivity contribution < 1.29 is 9.90 Å². The maximum Gasteiger partial charge on any atom is 0.323 e. The maximum absolute atomic E-state index is 11.6. The molecule has 6 heteroatoms. The zero-order valence-electron chi connectivity index (χ0n) is 12.0. The molecule has 110 valence electrons. The van der Waals surface area contributed by atoms with Crippen LogP contribution in [-0.2, 0) is 24.3 Å². The summed E-state index contributed by atoms with van der Waals surface area (Å²) in [4.78, 5) is 13.7. The first kappa shape index (κ1) is 13.5. The highest BCUT2D eigenvalue weighted by molar-refractivity contribution is 5.78. The quantitative estimate of drug-likeness (QED) is 0.906. The maximum atomic E-state index is 11.6. The lowest BCUT2D eigenvalue weighted by Crippen LogP contribution is -2.54. The first-order valence-corrected chi connectivity index (χ1v) is 7.51. The lowest BCUT2D eigenvalue weighted by atomic mass is 9.88. The Hall–Kier alpha value is -1.43. The molecule has 0 aromatic carbocycles. The van der Waals surface area contributed by atoms with Crippen LogP contribution in [0.15, 0.2) is 0 Å². The fourth-order valence-corrected chi connectivity index (χ4v) is 3.33. The van der Waals surface area contributed by atoms with Crippen molar-refractivity contribution in [3.05, 3.63) is 11.6 Å². The number of likely N-dealkylation sites (tertiary alicyclic amines) is 1. The van der Waals surface area contributed by atoms with E-state index in [0.717, 1.165) is 50.4 Å². The van der Waals surface area contributed by atoms with Gasteiger partial charge in [0.05, 0.1) is 6.54 Å². The molecule has 1 aromatic rings. The van der Waals surface area contributed by atoms with Gasteiger partial charge in [-0.3, -0.25) is 9.69 Å². The van der Waals surface area contributed by atoms with Gasteiger partial charge >= 0.3 is 5.97 Å². The number of fused-ring (bicyclic) bond motifs is 1. The third-order valence-electron chi connectivity index (χ3n) is 4.77. The van der Waals surface area contributed by atoms with Crippen molar-refractivity contribution in [2.24, 2.45) is 0 Å². The van der Waals surface area contributed by atoms with Crippen LogP contribution < -0.4 is 0 Å². The molecule has 1 saturated heterocycles. The van der Waals surface area contributed by atoms with Gasteiger partial charge in [0.25, 0.3) is 0 Å². The summed E-state index contributed by atoms with van der Waals surface area (Å²) in [5.41, 5.74) is -0.765. The normalized spacial score (nSPS) is 27.2. The number of hydrogen-bond acceptors (Lipinski definition) is 4. The minimum atomic E-state index is -0.765. The lowest BCUT2D eigenvalue weighted by Gasteiger charge is -2.41. The van der Waals surface area contributed by atoms with Crippen LogP contribution in [0.4, 0.5) is 0 Å². The largest absolute Gasteiger partial charge is 0.480 e. The topological polar surface area (TPSA) is 71.2 Å². The third-order valence-corrected chi connectivity index (χ3v) is 4.77. The van der Waals surface area contributed by atoms with Gasteiger partial charge < -0.3 is 9.67 Å². The summed E-state index contributed by atoms with van der Waals surface area (Å²) in [6.45, 7) is 4.22. The van der Waals surface area contributed by atoms with Crippen molar-refractivity contribution in [2.45, 2.75) is 64.1 Å². The van der Waals surface area contributed by atoms with E-state index in [4.69, 9.17) is 0 Å². The fourth-order valence-electron chi connectivity index (χ4n) is 3.33. The number of aliphatic carboxylic acids is 1. The van der Waals surface area contributed by atoms with Gasteiger partial charge in [0.1, 0.15) is 17.2 Å². The number of hydrogen-bond donors (Lipinski definition) is 1. The minimum Gasteiger partial charge on any atom is -0.480 e. The Kier molecular flexibility index (Phi) is 3.50. The van der Waals surface area contributed by atoms with Crippen LogP contribution in [0.2, 0.25) is 0 Å². The molecule has 0 bridgehead atoms. The second kappa shape index (κ2) is 5.16. The first-order valence-electron chi connectivity index (χ1n) is 7.51. The zero-order chi connectivity index (χ0) is 14.2. The fraction of sp³-hybridized carbons (Fsp3) is 0.786. The van der Waals surface area contributed by atoms with E-state index in [1.807, 2.05) is 6.92 Å². The van der Waals surface area contributed by atoms with Crippen molar-refractivity contribution in [3.63, 3.8) is 0 Å². The average molecular weight is 278 g/mol. The number of carboxylic acids is 1. The number of carboxylic acid groups (broad SMARTS) is 1. The standard InChI is InChI=1S/C14H22N4O2/c1-14(13(19)20)7-3-5-8-17(14)10-12-16-15-11-6-2-4-9-18(11)12/h2-10H2,1H3,(H,19,20). The van der Waals surface area contributed by atoms with Crippen LogP contribution in [0.5, 0.6) is 0 Å². The number of nitrogens with zero attached hydrogens (tertiary/aromatic N) is 4. The third kappa shape index (κ3) is 2.22.